The number of benzene rings is 1. The van der Waals surface area contributed by atoms with Crippen LogP contribution in [-0.4, -0.2) is 15.0 Å². The van der Waals surface area contributed by atoms with Crippen molar-refractivity contribution in [2.45, 2.75) is 13.1 Å². The lowest BCUT2D eigenvalue weighted by molar-refractivity contribution is -0.137. The van der Waals surface area contributed by atoms with Crippen molar-refractivity contribution in [1.82, 2.24) is 15.0 Å². The van der Waals surface area contributed by atoms with Crippen LogP contribution in [0.2, 0.25) is 0 Å². The number of H-pyrrole nitrogens is 1. The van der Waals surface area contributed by atoms with Gasteiger partial charge in [-0.15, -0.1) is 0 Å². The van der Waals surface area contributed by atoms with Gasteiger partial charge in [0.25, 0.3) is 0 Å². The zero-order valence-corrected chi connectivity index (χ0v) is 10.5. The first-order valence-corrected chi connectivity index (χ1v) is 5.94. The molecule has 0 spiro atoms. The summed E-state index contributed by atoms with van der Waals surface area (Å²) in [5, 5.41) is 0. The zero-order chi connectivity index (χ0) is 14.3. The Bertz CT molecular complexity index is 775. The number of nitrogens with one attached hydrogen (secondary N) is 1. The Morgan fingerprint density at radius 3 is 2.65 bits per heavy atom. The Morgan fingerprint density at radius 2 is 1.90 bits per heavy atom. The molecule has 2 heterocycles. The number of alkyl halides is 3. The fourth-order valence-corrected chi connectivity index (χ4v) is 2.07. The van der Waals surface area contributed by atoms with Gasteiger partial charge >= 0.3 is 6.18 Å². The number of imidazole rings is 1. The average molecular weight is 277 g/mol. The molecule has 1 N–H and O–H groups in total. The molecule has 1 aromatic carbocycles. The van der Waals surface area contributed by atoms with E-state index in [4.69, 9.17) is 0 Å². The molecule has 3 aromatic rings. The van der Waals surface area contributed by atoms with Gasteiger partial charge in [-0.25, -0.2) is 9.97 Å². The molecule has 0 atom stereocenters. The first kappa shape index (κ1) is 12.7. The van der Waals surface area contributed by atoms with E-state index in [1.54, 1.807) is 18.3 Å². The van der Waals surface area contributed by atoms with Crippen LogP contribution in [0.5, 0.6) is 0 Å². The number of aromatic nitrogens is 3. The number of fused-ring (bicyclic) bond motifs is 1. The Morgan fingerprint density at radius 1 is 1.15 bits per heavy atom. The van der Waals surface area contributed by atoms with Gasteiger partial charge in [-0.05, 0) is 24.6 Å². The lowest BCUT2D eigenvalue weighted by Crippen LogP contribution is -2.07. The minimum Gasteiger partial charge on any atom is -0.337 e. The predicted octanol–water partition coefficient (Wildman–Crippen LogP) is 3.95. The molecule has 0 unspecified atom stereocenters. The molecule has 0 bridgehead atoms. The monoisotopic (exact) mass is 277 g/mol. The van der Waals surface area contributed by atoms with Crippen molar-refractivity contribution in [2.24, 2.45) is 0 Å². The first-order valence-electron chi connectivity index (χ1n) is 5.94. The molecule has 0 saturated carbocycles. The molecule has 0 aliphatic rings. The quantitative estimate of drug-likeness (QED) is 0.731. The highest BCUT2D eigenvalue weighted by Gasteiger charge is 2.34. The third-order valence-corrected chi connectivity index (χ3v) is 2.96. The van der Waals surface area contributed by atoms with Crippen molar-refractivity contribution in [1.29, 1.82) is 0 Å². The topological polar surface area (TPSA) is 41.6 Å². The molecule has 2 aromatic heterocycles. The van der Waals surface area contributed by atoms with Gasteiger partial charge in [-0.2, -0.15) is 13.2 Å². The number of rotatable bonds is 1. The highest BCUT2D eigenvalue weighted by molar-refractivity contribution is 5.77. The van der Waals surface area contributed by atoms with Gasteiger partial charge in [0, 0.05) is 11.8 Å². The Labute approximate surface area is 112 Å². The lowest BCUT2D eigenvalue weighted by Gasteiger charge is -2.10. The molecule has 20 heavy (non-hydrogen) atoms. The van der Waals surface area contributed by atoms with Crippen LogP contribution in [0.25, 0.3) is 22.6 Å². The van der Waals surface area contributed by atoms with E-state index in [2.05, 4.69) is 15.0 Å². The Balaban J connectivity index is 2.21. The van der Waals surface area contributed by atoms with Crippen LogP contribution in [0.15, 0.2) is 36.5 Å². The molecule has 3 nitrogen and oxygen atoms in total. The third kappa shape index (κ3) is 2.13. The fraction of sp³-hybridized carbons (Fsp3) is 0.143. The second-order valence-electron chi connectivity index (χ2n) is 4.51. The standard InChI is InChI=1S/C14H10F3N3/c1-8-6-11-13(18-7-8)20-12(19-11)9-4-2-3-5-10(9)14(15,16)17/h2-7H,1H3,(H,18,19,20). The molecule has 102 valence electrons. The minimum absolute atomic E-state index is 0.0238. The molecule has 0 amide bonds. The van der Waals surface area contributed by atoms with Crippen LogP contribution >= 0.6 is 0 Å². The number of pyridine rings is 1. The summed E-state index contributed by atoms with van der Waals surface area (Å²) in [6.45, 7) is 1.86. The predicted molar refractivity (Wildman–Crippen MR) is 69.1 cm³/mol. The number of hydrogen-bond acceptors (Lipinski definition) is 2. The van der Waals surface area contributed by atoms with Gasteiger partial charge in [0.15, 0.2) is 5.65 Å². The van der Waals surface area contributed by atoms with Crippen LogP contribution in [-0.2, 0) is 6.18 Å². The van der Waals surface area contributed by atoms with Crippen molar-refractivity contribution in [3.05, 3.63) is 47.7 Å². The maximum atomic E-state index is 13.0. The summed E-state index contributed by atoms with van der Waals surface area (Å²) < 4.78 is 39.0. The lowest BCUT2D eigenvalue weighted by atomic mass is 10.1. The van der Waals surface area contributed by atoms with E-state index in [0.717, 1.165) is 11.6 Å². The summed E-state index contributed by atoms with van der Waals surface area (Å²) in [7, 11) is 0. The molecule has 0 saturated heterocycles. The Hall–Kier alpha value is -2.37. The summed E-state index contributed by atoms with van der Waals surface area (Å²) in [4.78, 5) is 11.1. The van der Waals surface area contributed by atoms with Crippen molar-refractivity contribution in [2.75, 3.05) is 0 Å². The van der Waals surface area contributed by atoms with E-state index in [1.807, 2.05) is 6.92 Å². The number of aryl methyl sites for hydroxylation is 1. The zero-order valence-electron chi connectivity index (χ0n) is 10.5. The summed E-state index contributed by atoms with van der Waals surface area (Å²) in [6, 6.07) is 7.15. The molecular weight excluding hydrogens is 267 g/mol. The third-order valence-electron chi connectivity index (χ3n) is 2.96. The second-order valence-corrected chi connectivity index (χ2v) is 4.51. The van der Waals surface area contributed by atoms with Gasteiger partial charge in [0.1, 0.15) is 5.82 Å². The average Bonchev–Trinajstić information content (AvgIpc) is 2.80. The molecule has 6 heteroatoms. The largest absolute Gasteiger partial charge is 0.417 e. The normalized spacial score (nSPS) is 12.0. The van der Waals surface area contributed by atoms with Crippen LogP contribution in [0.3, 0.4) is 0 Å². The molecular formula is C14H10F3N3. The maximum Gasteiger partial charge on any atom is 0.417 e. The van der Waals surface area contributed by atoms with Gasteiger partial charge in [0.05, 0.1) is 11.1 Å². The minimum atomic E-state index is -4.42. The molecule has 3 rings (SSSR count). The summed E-state index contributed by atoms with van der Waals surface area (Å²) in [5.41, 5.74) is 1.25. The van der Waals surface area contributed by atoms with Crippen LogP contribution in [0.1, 0.15) is 11.1 Å². The van der Waals surface area contributed by atoms with E-state index in [9.17, 15) is 13.2 Å². The van der Waals surface area contributed by atoms with E-state index in [0.29, 0.717) is 11.2 Å². The van der Waals surface area contributed by atoms with Crippen LogP contribution in [0, 0.1) is 6.92 Å². The number of halogens is 3. The fourth-order valence-electron chi connectivity index (χ4n) is 2.07. The highest BCUT2D eigenvalue weighted by Crippen LogP contribution is 2.36. The van der Waals surface area contributed by atoms with Gasteiger partial charge < -0.3 is 4.98 Å². The van der Waals surface area contributed by atoms with Crippen LogP contribution < -0.4 is 0 Å². The van der Waals surface area contributed by atoms with Gasteiger partial charge in [-0.1, -0.05) is 18.2 Å². The van der Waals surface area contributed by atoms with Crippen LogP contribution in [0.4, 0.5) is 13.2 Å². The van der Waals surface area contributed by atoms with Gasteiger partial charge in [0.2, 0.25) is 0 Å². The van der Waals surface area contributed by atoms with Crippen molar-refractivity contribution >= 4 is 11.2 Å². The second kappa shape index (κ2) is 4.33. The first-order chi connectivity index (χ1) is 9.45. The van der Waals surface area contributed by atoms with E-state index >= 15 is 0 Å². The molecule has 0 aliphatic heterocycles. The molecule has 0 aliphatic carbocycles. The maximum absolute atomic E-state index is 13.0. The van der Waals surface area contributed by atoms with Crippen molar-refractivity contribution in [3.8, 4) is 11.4 Å². The van der Waals surface area contributed by atoms with E-state index in [-0.39, 0.29) is 11.4 Å². The Kier molecular flexibility index (Phi) is 2.74. The smallest absolute Gasteiger partial charge is 0.337 e. The van der Waals surface area contributed by atoms with Crippen molar-refractivity contribution < 1.29 is 13.2 Å². The number of aromatic amines is 1. The summed E-state index contributed by atoms with van der Waals surface area (Å²) in [6.07, 6.45) is -2.79. The SMILES string of the molecule is Cc1cnc2nc(-c3ccccc3C(F)(F)F)[nH]c2c1. The molecule has 0 fully saturated rings. The van der Waals surface area contributed by atoms with Crippen molar-refractivity contribution in [3.63, 3.8) is 0 Å². The highest BCUT2D eigenvalue weighted by atomic mass is 19.4. The van der Waals surface area contributed by atoms with E-state index in [1.165, 1.54) is 12.1 Å². The van der Waals surface area contributed by atoms with E-state index < -0.39 is 11.7 Å². The summed E-state index contributed by atoms with van der Waals surface area (Å²) in [5.74, 6) is 0.172. The summed E-state index contributed by atoms with van der Waals surface area (Å²) >= 11 is 0. The number of hydrogen-bond donors (Lipinski definition) is 1. The number of nitrogens with zero attached hydrogens (tertiary/aromatic N) is 2. The molecule has 0 radical (unpaired) electrons. The van der Waals surface area contributed by atoms with Gasteiger partial charge in [-0.3, -0.25) is 0 Å².